The number of hydrogen-bond acceptors (Lipinski definition) is 4. The van der Waals surface area contributed by atoms with E-state index in [-0.39, 0.29) is 23.6 Å². The molecule has 2 rings (SSSR count). The Balaban J connectivity index is 2.26. The molecule has 0 aliphatic rings. The van der Waals surface area contributed by atoms with Gasteiger partial charge < -0.3 is 10.6 Å². The van der Waals surface area contributed by atoms with Gasteiger partial charge in [0.2, 0.25) is 5.95 Å². The summed E-state index contributed by atoms with van der Waals surface area (Å²) in [7, 11) is 0. The van der Waals surface area contributed by atoms with Crippen LogP contribution >= 0.6 is 0 Å². The predicted octanol–water partition coefficient (Wildman–Crippen LogP) is 2.95. The van der Waals surface area contributed by atoms with Gasteiger partial charge in [0.25, 0.3) is 5.91 Å². The Kier molecular flexibility index (Phi) is 4.65. The molecule has 0 fully saturated rings. The van der Waals surface area contributed by atoms with E-state index in [0.29, 0.717) is 11.4 Å². The largest absolute Gasteiger partial charge is 0.349 e. The van der Waals surface area contributed by atoms with E-state index in [1.165, 1.54) is 6.07 Å². The molecule has 1 aromatic heterocycles. The third-order valence-electron chi connectivity index (χ3n) is 2.68. The molecule has 0 saturated carbocycles. The standard InChI is InChI=1S/C15H16F2N4O/c1-8(2)18-14(22)13-6-9(3)19-15(21-13)20-10-4-5-11(16)12(17)7-10/h4-8H,1-3H3,(H,18,22)(H,19,20,21). The number of benzene rings is 1. The molecule has 5 nitrogen and oxygen atoms in total. The number of hydrogen-bond donors (Lipinski definition) is 2. The molecule has 1 heterocycles. The van der Waals surface area contributed by atoms with Gasteiger partial charge in [-0.2, -0.15) is 0 Å². The summed E-state index contributed by atoms with van der Waals surface area (Å²) in [6.07, 6.45) is 0. The van der Waals surface area contributed by atoms with Gasteiger partial charge in [0.05, 0.1) is 0 Å². The van der Waals surface area contributed by atoms with E-state index >= 15 is 0 Å². The predicted molar refractivity (Wildman–Crippen MR) is 79.0 cm³/mol. The van der Waals surface area contributed by atoms with Crippen LogP contribution < -0.4 is 10.6 Å². The fourth-order valence-electron chi connectivity index (χ4n) is 1.78. The molecule has 0 unspecified atom stereocenters. The summed E-state index contributed by atoms with van der Waals surface area (Å²) in [5.74, 6) is -2.10. The van der Waals surface area contributed by atoms with E-state index < -0.39 is 11.6 Å². The minimum atomic E-state index is -0.976. The van der Waals surface area contributed by atoms with Gasteiger partial charge in [-0.3, -0.25) is 4.79 Å². The van der Waals surface area contributed by atoms with Crippen molar-refractivity contribution < 1.29 is 13.6 Å². The first-order valence-corrected chi connectivity index (χ1v) is 6.74. The third kappa shape index (κ3) is 3.97. The van der Waals surface area contributed by atoms with Gasteiger partial charge in [-0.1, -0.05) is 0 Å². The van der Waals surface area contributed by atoms with E-state index in [4.69, 9.17) is 0 Å². The minimum absolute atomic E-state index is 0.0228. The van der Waals surface area contributed by atoms with Crippen LogP contribution in [0.1, 0.15) is 30.0 Å². The summed E-state index contributed by atoms with van der Waals surface area (Å²) in [5, 5.41) is 5.48. The summed E-state index contributed by atoms with van der Waals surface area (Å²) in [5.41, 5.74) is 1.07. The Morgan fingerprint density at radius 1 is 1.14 bits per heavy atom. The molecule has 0 radical (unpaired) electrons. The van der Waals surface area contributed by atoms with Crippen LogP contribution in [0.15, 0.2) is 24.3 Å². The number of nitrogens with one attached hydrogen (secondary N) is 2. The normalized spacial score (nSPS) is 10.6. The van der Waals surface area contributed by atoms with Crippen LogP contribution in [-0.2, 0) is 0 Å². The van der Waals surface area contributed by atoms with Crippen molar-refractivity contribution in [1.82, 2.24) is 15.3 Å². The van der Waals surface area contributed by atoms with Gasteiger partial charge in [0.15, 0.2) is 11.6 Å². The van der Waals surface area contributed by atoms with Crippen LogP contribution in [0.5, 0.6) is 0 Å². The SMILES string of the molecule is Cc1cc(C(=O)NC(C)C)nc(Nc2ccc(F)c(F)c2)n1. The second-order valence-electron chi connectivity index (χ2n) is 5.10. The number of carbonyl (C=O) groups excluding carboxylic acids is 1. The van der Waals surface area contributed by atoms with Crippen molar-refractivity contribution in [2.45, 2.75) is 26.8 Å². The van der Waals surface area contributed by atoms with Crippen molar-refractivity contribution in [3.63, 3.8) is 0 Å². The maximum Gasteiger partial charge on any atom is 0.270 e. The highest BCUT2D eigenvalue weighted by Gasteiger charge is 2.12. The molecule has 1 amide bonds. The zero-order valence-electron chi connectivity index (χ0n) is 12.4. The molecule has 2 N–H and O–H groups in total. The van der Waals surface area contributed by atoms with Gasteiger partial charge in [-0.15, -0.1) is 0 Å². The van der Waals surface area contributed by atoms with Gasteiger partial charge in [0.1, 0.15) is 5.69 Å². The van der Waals surface area contributed by atoms with Gasteiger partial charge in [-0.25, -0.2) is 18.7 Å². The van der Waals surface area contributed by atoms with Crippen molar-refractivity contribution >= 4 is 17.5 Å². The fourth-order valence-corrected chi connectivity index (χ4v) is 1.78. The third-order valence-corrected chi connectivity index (χ3v) is 2.68. The van der Waals surface area contributed by atoms with E-state index in [1.807, 2.05) is 13.8 Å². The maximum absolute atomic E-state index is 13.2. The molecule has 116 valence electrons. The summed E-state index contributed by atoms with van der Waals surface area (Å²) in [4.78, 5) is 20.2. The lowest BCUT2D eigenvalue weighted by molar-refractivity contribution is 0.0938. The van der Waals surface area contributed by atoms with E-state index in [9.17, 15) is 13.6 Å². The van der Waals surface area contributed by atoms with Crippen molar-refractivity contribution in [2.75, 3.05) is 5.32 Å². The van der Waals surface area contributed by atoms with Crippen LogP contribution in [0.3, 0.4) is 0 Å². The first-order chi connectivity index (χ1) is 10.3. The molecular formula is C15H16F2N4O. The van der Waals surface area contributed by atoms with Gasteiger partial charge in [0, 0.05) is 23.5 Å². The number of halogens is 2. The number of aryl methyl sites for hydroxylation is 1. The second kappa shape index (κ2) is 6.46. The Hall–Kier alpha value is -2.57. The molecule has 0 aliphatic carbocycles. The Morgan fingerprint density at radius 3 is 2.50 bits per heavy atom. The number of amides is 1. The molecule has 0 spiro atoms. The lowest BCUT2D eigenvalue weighted by atomic mass is 10.3. The smallest absolute Gasteiger partial charge is 0.270 e. The van der Waals surface area contributed by atoms with Crippen molar-refractivity contribution in [3.8, 4) is 0 Å². The molecule has 2 aromatic rings. The first kappa shape index (κ1) is 15.8. The quantitative estimate of drug-likeness (QED) is 0.911. The average molecular weight is 306 g/mol. The number of aromatic nitrogens is 2. The van der Waals surface area contributed by atoms with E-state index in [2.05, 4.69) is 20.6 Å². The van der Waals surface area contributed by atoms with E-state index in [0.717, 1.165) is 12.1 Å². The minimum Gasteiger partial charge on any atom is -0.349 e. The van der Waals surface area contributed by atoms with Crippen LogP contribution in [0.4, 0.5) is 20.4 Å². The molecule has 22 heavy (non-hydrogen) atoms. The molecule has 1 aromatic carbocycles. The number of rotatable bonds is 4. The molecule has 0 saturated heterocycles. The highest BCUT2D eigenvalue weighted by Crippen LogP contribution is 2.17. The fraction of sp³-hybridized carbons (Fsp3) is 0.267. The van der Waals surface area contributed by atoms with Gasteiger partial charge in [-0.05, 0) is 39.0 Å². The van der Waals surface area contributed by atoms with Gasteiger partial charge >= 0.3 is 0 Å². The summed E-state index contributed by atoms with van der Waals surface area (Å²) in [6.45, 7) is 5.39. The van der Waals surface area contributed by atoms with E-state index in [1.54, 1.807) is 13.0 Å². The van der Waals surface area contributed by atoms with Crippen molar-refractivity contribution in [1.29, 1.82) is 0 Å². The summed E-state index contributed by atoms with van der Waals surface area (Å²) in [6, 6.07) is 4.88. The lowest BCUT2D eigenvalue weighted by Gasteiger charge is -2.10. The topological polar surface area (TPSA) is 66.9 Å². The van der Waals surface area contributed by atoms with Crippen LogP contribution in [-0.4, -0.2) is 21.9 Å². The maximum atomic E-state index is 13.2. The highest BCUT2D eigenvalue weighted by molar-refractivity contribution is 5.92. The Morgan fingerprint density at radius 2 is 1.86 bits per heavy atom. The monoisotopic (exact) mass is 306 g/mol. The summed E-state index contributed by atoms with van der Waals surface area (Å²) < 4.78 is 26.1. The highest BCUT2D eigenvalue weighted by atomic mass is 19.2. The lowest BCUT2D eigenvalue weighted by Crippen LogP contribution is -2.31. The van der Waals surface area contributed by atoms with Crippen molar-refractivity contribution in [3.05, 3.63) is 47.3 Å². The number of carbonyl (C=O) groups is 1. The Bertz CT molecular complexity index is 704. The zero-order chi connectivity index (χ0) is 16.3. The van der Waals surface area contributed by atoms with Crippen LogP contribution in [0, 0.1) is 18.6 Å². The molecule has 0 bridgehead atoms. The van der Waals surface area contributed by atoms with Crippen LogP contribution in [0.2, 0.25) is 0 Å². The average Bonchev–Trinajstić information content (AvgIpc) is 2.41. The molecular weight excluding hydrogens is 290 g/mol. The van der Waals surface area contributed by atoms with Crippen LogP contribution in [0.25, 0.3) is 0 Å². The first-order valence-electron chi connectivity index (χ1n) is 6.74. The Labute approximate surface area is 126 Å². The molecule has 7 heteroatoms. The van der Waals surface area contributed by atoms with Crippen molar-refractivity contribution in [2.24, 2.45) is 0 Å². The number of anilines is 2. The second-order valence-corrected chi connectivity index (χ2v) is 5.10. The molecule has 0 atom stereocenters. The molecule has 0 aliphatic heterocycles. The zero-order valence-corrected chi connectivity index (χ0v) is 12.4. The number of nitrogens with zero attached hydrogens (tertiary/aromatic N) is 2. The summed E-state index contributed by atoms with van der Waals surface area (Å²) >= 11 is 0.